The number of benzene rings is 1. The third-order valence-corrected chi connectivity index (χ3v) is 3.37. The molecule has 2 nitrogen and oxygen atoms in total. The summed E-state index contributed by atoms with van der Waals surface area (Å²) in [5, 5.41) is 1.24. The standard InChI is InChI=1S/C12H11BrN2/c13-9-2-3-11-10(8-9)12(4-5-14-11)15-6-1-7-15/h2-5,8H,1,6-7H2. The minimum Gasteiger partial charge on any atom is -0.371 e. The summed E-state index contributed by atoms with van der Waals surface area (Å²) in [4.78, 5) is 6.78. The van der Waals surface area contributed by atoms with Crippen LogP contribution in [0.4, 0.5) is 5.69 Å². The van der Waals surface area contributed by atoms with E-state index in [9.17, 15) is 0 Å². The molecule has 76 valence electrons. The van der Waals surface area contributed by atoms with Gasteiger partial charge < -0.3 is 4.90 Å². The van der Waals surface area contributed by atoms with Crippen LogP contribution in [0.3, 0.4) is 0 Å². The monoisotopic (exact) mass is 262 g/mol. The smallest absolute Gasteiger partial charge is 0.0723 e. The van der Waals surface area contributed by atoms with Crippen molar-refractivity contribution in [2.45, 2.75) is 6.42 Å². The minimum absolute atomic E-state index is 1.07. The van der Waals surface area contributed by atoms with Gasteiger partial charge in [-0.2, -0.15) is 0 Å². The average Bonchev–Trinajstić information content (AvgIpc) is 2.16. The summed E-state index contributed by atoms with van der Waals surface area (Å²) in [6.07, 6.45) is 3.20. The van der Waals surface area contributed by atoms with Crippen molar-refractivity contribution < 1.29 is 0 Å². The SMILES string of the molecule is Brc1ccc2nccc(N3CCC3)c2c1. The van der Waals surface area contributed by atoms with Gasteiger partial charge >= 0.3 is 0 Å². The second kappa shape index (κ2) is 3.49. The average molecular weight is 263 g/mol. The van der Waals surface area contributed by atoms with Crippen molar-refractivity contribution in [3.63, 3.8) is 0 Å². The quantitative estimate of drug-likeness (QED) is 0.785. The van der Waals surface area contributed by atoms with Crippen molar-refractivity contribution >= 4 is 32.5 Å². The number of halogens is 1. The first-order valence-corrected chi connectivity index (χ1v) is 5.93. The van der Waals surface area contributed by atoms with Gasteiger partial charge in [-0.25, -0.2) is 0 Å². The van der Waals surface area contributed by atoms with Crippen molar-refractivity contribution in [2.75, 3.05) is 18.0 Å². The maximum atomic E-state index is 4.38. The molecule has 15 heavy (non-hydrogen) atoms. The first-order valence-electron chi connectivity index (χ1n) is 5.14. The number of nitrogens with zero attached hydrogens (tertiary/aromatic N) is 2. The maximum absolute atomic E-state index is 4.38. The normalized spacial score (nSPS) is 15.4. The molecule has 1 saturated heterocycles. The van der Waals surface area contributed by atoms with Gasteiger partial charge in [0.2, 0.25) is 0 Å². The Labute approximate surface area is 97.0 Å². The maximum Gasteiger partial charge on any atom is 0.0723 e. The lowest BCUT2D eigenvalue weighted by atomic mass is 10.1. The van der Waals surface area contributed by atoms with Gasteiger partial charge in [-0.1, -0.05) is 15.9 Å². The molecule has 0 aliphatic carbocycles. The molecule has 1 fully saturated rings. The number of anilines is 1. The lowest BCUT2D eigenvalue weighted by Crippen LogP contribution is -2.37. The summed E-state index contributed by atoms with van der Waals surface area (Å²) in [5.41, 5.74) is 2.38. The van der Waals surface area contributed by atoms with Crippen LogP contribution in [0.5, 0.6) is 0 Å². The van der Waals surface area contributed by atoms with E-state index in [0.29, 0.717) is 0 Å². The molecule has 0 atom stereocenters. The Hall–Kier alpha value is -1.09. The van der Waals surface area contributed by atoms with Crippen molar-refractivity contribution in [3.05, 3.63) is 34.9 Å². The summed E-state index contributed by atoms with van der Waals surface area (Å²) in [6.45, 7) is 2.34. The van der Waals surface area contributed by atoms with Crippen molar-refractivity contribution in [2.24, 2.45) is 0 Å². The van der Waals surface area contributed by atoms with E-state index in [0.717, 1.165) is 9.99 Å². The molecule has 0 radical (unpaired) electrons. The summed E-state index contributed by atoms with van der Waals surface area (Å²) < 4.78 is 1.12. The van der Waals surface area contributed by atoms with E-state index in [1.54, 1.807) is 0 Å². The van der Waals surface area contributed by atoms with Crippen LogP contribution < -0.4 is 4.90 Å². The molecule has 1 aliphatic heterocycles. The first kappa shape index (κ1) is 9.16. The van der Waals surface area contributed by atoms with E-state index < -0.39 is 0 Å². The molecule has 3 heteroatoms. The fraction of sp³-hybridized carbons (Fsp3) is 0.250. The third kappa shape index (κ3) is 1.51. The summed E-state index contributed by atoms with van der Waals surface area (Å²) in [5.74, 6) is 0. The molecule has 3 rings (SSSR count). The van der Waals surface area contributed by atoms with E-state index in [-0.39, 0.29) is 0 Å². The third-order valence-electron chi connectivity index (χ3n) is 2.88. The number of fused-ring (bicyclic) bond motifs is 1. The second-order valence-electron chi connectivity index (χ2n) is 3.83. The van der Waals surface area contributed by atoms with Gasteiger partial charge in [0.05, 0.1) is 5.52 Å². The predicted octanol–water partition coefficient (Wildman–Crippen LogP) is 3.21. The van der Waals surface area contributed by atoms with E-state index in [4.69, 9.17) is 0 Å². The minimum atomic E-state index is 1.07. The van der Waals surface area contributed by atoms with Crippen LogP contribution in [-0.2, 0) is 0 Å². The highest BCUT2D eigenvalue weighted by atomic mass is 79.9. The van der Waals surface area contributed by atoms with Crippen molar-refractivity contribution in [1.82, 2.24) is 4.98 Å². The van der Waals surface area contributed by atoms with Crippen LogP contribution in [0.1, 0.15) is 6.42 Å². The topological polar surface area (TPSA) is 16.1 Å². The van der Waals surface area contributed by atoms with Gasteiger partial charge in [-0.3, -0.25) is 4.98 Å². The first-order chi connectivity index (χ1) is 7.34. The van der Waals surface area contributed by atoms with Crippen molar-refractivity contribution in [3.8, 4) is 0 Å². The van der Waals surface area contributed by atoms with Crippen LogP contribution >= 0.6 is 15.9 Å². The van der Waals surface area contributed by atoms with Gasteiger partial charge in [-0.05, 0) is 30.7 Å². The van der Waals surface area contributed by atoms with Crippen LogP contribution in [-0.4, -0.2) is 18.1 Å². The number of pyridine rings is 1. The van der Waals surface area contributed by atoms with E-state index in [2.05, 4.69) is 44.0 Å². The molecule has 1 aromatic heterocycles. The van der Waals surface area contributed by atoms with Crippen LogP contribution in [0.2, 0.25) is 0 Å². The fourth-order valence-corrected chi connectivity index (χ4v) is 2.30. The van der Waals surface area contributed by atoms with Crippen LogP contribution in [0, 0.1) is 0 Å². The molecule has 0 unspecified atom stereocenters. The lowest BCUT2D eigenvalue weighted by molar-refractivity contribution is 0.619. The molecular formula is C12H11BrN2. The second-order valence-corrected chi connectivity index (χ2v) is 4.75. The van der Waals surface area contributed by atoms with E-state index in [1.165, 1.54) is 30.6 Å². The molecule has 0 bridgehead atoms. The Morgan fingerprint density at radius 2 is 2.07 bits per heavy atom. The van der Waals surface area contributed by atoms with Crippen molar-refractivity contribution in [1.29, 1.82) is 0 Å². The highest BCUT2D eigenvalue weighted by molar-refractivity contribution is 9.10. The van der Waals surface area contributed by atoms with Gasteiger partial charge in [0.1, 0.15) is 0 Å². The Morgan fingerprint density at radius 3 is 2.80 bits per heavy atom. The van der Waals surface area contributed by atoms with Crippen LogP contribution in [0.25, 0.3) is 10.9 Å². The summed E-state index contributed by atoms with van der Waals surface area (Å²) >= 11 is 3.51. The van der Waals surface area contributed by atoms with E-state index in [1.807, 2.05) is 12.3 Å². The number of aromatic nitrogens is 1. The summed E-state index contributed by atoms with van der Waals surface area (Å²) in [7, 11) is 0. The van der Waals surface area contributed by atoms with Crippen LogP contribution in [0.15, 0.2) is 34.9 Å². The zero-order valence-electron chi connectivity index (χ0n) is 8.28. The van der Waals surface area contributed by atoms with Gasteiger partial charge in [0.25, 0.3) is 0 Å². The highest BCUT2D eigenvalue weighted by Gasteiger charge is 2.16. The van der Waals surface area contributed by atoms with Gasteiger partial charge in [0, 0.05) is 34.8 Å². The molecule has 2 aromatic rings. The molecule has 2 heterocycles. The molecule has 0 amide bonds. The van der Waals surface area contributed by atoms with Gasteiger partial charge in [-0.15, -0.1) is 0 Å². The molecule has 0 spiro atoms. The fourth-order valence-electron chi connectivity index (χ4n) is 1.94. The Bertz CT molecular complexity index is 506. The summed E-state index contributed by atoms with van der Waals surface area (Å²) in [6, 6.07) is 8.35. The largest absolute Gasteiger partial charge is 0.371 e. The zero-order chi connectivity index (χ0) is 10.3. The number of hydrogen-bond acceptors (Lipinski definition) is 2. The zero-order valence-corrected chi connectivity index (χ0v) is 9.87. The number of hydrogen-bond donors (Lipinski definition) is 0. The highest BCUT2D eigenvalue weighted by Crippen LogP contribution is 2.30. The Balaban J connectivity index is 2.23. The lowest BCUT2D eigenvalue weighted by Gasteiger charge is -2.33. The molecule has 0 N–H and O–H groups in total. The predicted molar refractivity (Wildman–Crippen MR) is 66.3 cm³/mol. The number of rotatable bonds is 1. The van der Waals surface area contributed by atoms with E-state index >= 15 is 0 Å². The van der Waals surface area contributed by atoms with Gasteiger partial charge in [0.15, 0.2) is 0 Å². The Morgan fingerprint density at radius 1 is 1.20 bits per heavy atom. The molecule has 1 aliphatic rings. The molecule has 1 aromatic carbocycles. The Kier molecular flexibility index (Phi) is 2.13. The molecule has 0 saturated carbocycles. The molecular weight excluding hydrogens is 252 g/mol.